The molecule has 0 saturated carbocycles. The first kappa shape index (κ1) is 25.7. The Morgan fingerprint density at radius 1 is 1.00 bits per heavy atom. The molecule has 4 rings (SSSR count). The Labute approximate surface area is 206 Å². The fourth-order valence-corrected chi connectivity index (χ4v) is 5.55. The maximum absolute atomic E-state index is 14.2. The van der Waals surface area contributed by atoms with Gasteiger partial charge in [0.25, 0.3) is 0 Å². The third-order valence-corrected chi connectivity index (χ3v) is 7.58. The number of amides is 1. The minimum absolute atomic E-state index is 0.000917. The predicted octanol–water partition coefficient (Wildman–Crippen LogP) is 5.20. The van der Waals surface area contributed by atoms with E-state index in [1.807, 2.05) is 30.0 Å². The summed E-state index contributed by atoms with van der Waals surface area (Å²) in [5.41, 5.74) is 0.983. The molecule has 1 amide bonds. The van der Waals surface area contributed by atoms with Crippen molar-refractivity contribution in [1.29, 1.82) is 0 Å². The van der Waals surface area contributed by atoms with Gasteiger partial charge in [0.15, 0.2) is 11.6 Å². The van der Waals surface area contributed by atoms with Crippen LogP contribution in [0.4, 0.5) is 13.2 Å². The predicted molar refractivity (Wildman–Crippen MR) is 129 cm³/mol. The number of hydrogen-bond donors (Lipinski definition) is 0. The zero-order valence-corrected chi connectivity index (χ0v) is 20.4. The highest BCUT2D eigenvalue weighted by Crippen LogP contribution is 2.30. The Morgan fingerprint density at radius 2 is 1.66 bits per heavy atom. The van der Waals surface area contributed by atoms with Crippen molar-refractivity contribution in [3.8, 4) is 0 Å². The Balaban J connectivity index is 1.48. The smallest absolute Gasteiger partial charge is 0.226 e. The van der Waals surface area contributed by atoms with Crippen LogP contribution < -0.4 is 0 Å². The molecule has 2 aliphatic heterocycles. The topological polar surface area (TPSA) is 32.8 Å². The molecule has 2 aromatic rings. The van der Waals surface area contributed by atoms with Gasteiger partial charge in [-0.15, -0.1) is 0 Å². The standard InChI is InChI=1S/C28H35F3N2O2/c1-2-33(28(34)22-12-16-35-17-13-22)26(18-20-6-4-3-5-7-20)21-10-14-32(15-11-21)19-23-24(29)8-9-25(30)27(23)31/h3-9,21-22,26H,2,10-19H2,1H3. The summed E-state index contributed by atoms with van der Waals surface area (Å²) in [5.74, 6) is -2.36. The molecule has 35 heavy (non-hydrogen) atoms. The number of carbonyl (C=O) groups excluding carboxylic acids is 1. The minimum atomic E-state index is -1.10. The molecule has 0 aromatic heterocycles. The van der Waals surface area contributed by atoms with E-state index < -0.39 is 17.5 Å². The molecule has 2 aromatic carbocycles. The van der Waals surface area contributed by atoms with Crippen molar-refractivity contribution in [3.05, 3.63) is 71.0 Å². The summed E-state index contributed by atoms with van der Waals surface area (Å²) in [6, 6.07) is 12.1. The van der Waals surface area contributed by atoms with E-state index >= 15 is 0 Å². The lowest BCUT2D eigenvalue weighted by Gasteiger charge is -2.42. The van der Waals surface area contributed by atoms with Gasteiger partial charge in [-0.05, 0) is 75.7 Å². The Kier molecular flexibility index (Phi) is 8.84. The van der Waals surface area contributed by atoms with Crippen LogP contribution in [0.3, 0.4) is 0 Å². The SMILES string of the molecule is CCN(C(=O)C1CCOCC1)C(Cc1ccccc1)C1CCN(Cc2c(F)ccc(F)c2F)CC1. The zero-order chi connectivity index (χ0) is 24.8. The first-order chi connectivity index (χ1) is 17.0. The molecule has 2 heterocycles. The van der Waals surface area contributed by atoms with Crippen LogP contribution >= 0.6 is 0 Å². The van der Waals surface area contributed by atoms with Gasteiger partial charge in [-0.25, -0.2) is 13.2 Å². The normalized spacial score (nSPS) is 19.0. The van der Waals surface area contributed by atoms with E-state index in [0.29, 0.717) is 32.8 Å². The van der Waals surface area contributed by atoms with E-state index in [2.05, 4.69) is 17.0 Å². The molecule has 1 unspecified atom stereocenters. The lowest BCUT2D eigenvalue weighted by atomic mass is 9.83. The number of nitrogens with zero attached hydrogens (tertiary/aromatic N) is 2. The maximum Gasteiger partial charge on any atom is 0.226 e. The van der Waals surface area contributed by atoms with Gasteiger partial charge in [0.05, 0.1) is 0 Å². The number of halogens is 3. The number of hydrogen-bond acceptors (Lipinski definition) is 3. The third-order valence-electron chi connectivity index (χ3n) is 7.58. The van der Waals surface area contributed by atoms with Crippen molar-refractivity contribution in [3.63, 3.8) is 0 Å². The van der Waals surface area contributed by atoms with Crippen molar-refractivity contribution >= 4 is 5.91 Å². The summed E-state index contributed by atoms with van der Waals surface area (Å²) >= 11 is 0. The highest BCUT2D eigenvalue weighted by atomic mass is 19.2. The summed E-state index contributed by atoms with van der Waals surface area (Å²) in [6.07, 6.45) is 3.93. The number of likely N-dealkylation sites (N-methyl/N-ethyl adjacent to an activating group) is 1. The molecule has 0 bridgehead atoms. The summed E-state index contributed by atoms with van der Waals surface area (Å²) in [4.78, 5) is 17.6. The summed E-state index contributed by atoms with van der Waals surface area (Å²) in [7, 11) is 0. The number of piperidine rings is 1. The van der Waals surface area contributed by atoms with E-state index in [4.69, 9.17) is 4.74 Å². The zero-order valence-electron chi connectivity index (χ0n) is 20.4. The Bertz CT molecular complexity index is 974. The molecular formula is C28H35F3N2O2. The van der Waals surface area contributed by atoms with Crippen LogP contribution in [0.5, 0.6) is 0 Å². The van der Waals surface area contributed by atoms with E-state index in [-0.39, 0.29) is 35.9 Å². The fourth-order valence-electron chi connectivity index (χ4n) is 5.55. The van der Waals surface area contributed by atoms with E-state index in [0.717, 1.165) is 44.2 Å². The van der Waals surface area contributed by atoms with E-state index in [1.54, 1.807) is 0 Å². The summed E-state index contributed by atoms with van der Waals surface area (Å²) in [6.45, 7) is 5.28. The highest BCUT2D eigenvalue weighted by molar-refractivity contribution is 5.79. The average molecular weight is 489 g/mol. The van der Waals surface area contributed by atoms with Crippen LogP contribution in [0.1, 0.15) is 43.7 Å². The van der Waals surface area contributed by atoms with E-state index in [1.165, 1.54) is 5.56 Å². The second-order valence-electron chi connectivity index (χ2n) is 9.70. The molecule has 2 aliphatic rings. The van der Waals surface area contributed by atoms with Crippen LogP contribution in [0.25, 0.3) is 0 Å². The first-order valence-electron chi connectivity index (χ1n) is 12.7. The molecule has 2 fully saturated rings. The van der Waals surface area contributed by atoms with Crippen molar-refractivity contribution in [2.45, 2.75) is 51.6 Å². The van der Waals surface area contributed by atoms with Crippen LogP contribution in [0.15, 0.2) is 42.5 Å². The van der Waals surface area contributed by atoms with Gasteiger partial charge in [-0.1, -0.05) is 30.3 Å². The van der Waals surface area contributed by atoms with Gasteiger partial charge in [-0.3, -0.25) is 9.69 Å². The summed E-state index contributed by atoms with van der Waals surface area (Å²) in [5, 5.41) is 0. The van der Waals surface area contributed by atoms with Crippen molar-refractivity contribution in [2.24, 2.45) is 11.8 Å². The van der Waals surface area contributed by atoms with Crippen LogP contribution in [-0.4, -0.2) is 54.6 Å². The quantitative estimate of drug-likeness (QED) is 0.479. The second kappa shape index (κ2) is 12.0. The van der Waals surface area contributed by atoms with Gasteiger partial charge in [0.2, 0.25) is 5.91 Å². The molecule has 190 valence electrons. The minimum Gasteiger partial charge on any atom is -0.381 e. The lowest BCUT2D eigenvalue weighted by molar-refractivity contribution is -0.142. The Hall–Kier alpha value is -2.38. The fraction of sp³-hybridized carbons (Fsp3) is 0.536. The third kappa shape index (κ3) is 6.25. The first-order valence-corrected chi connectivity index (χ1v) is 12.7. The number of ether oxygens (including phenoxy) is 1. The lowest BCUT2D eigenvalue weighted by Crippen LogP contribution is -2.51. The maximum atomic E-state index is 14.2. The van der Waals surface area contributed by atoms with E-state index in [9.17, 15) is 18.0 Å². The van der Waals surface area contributed by atoms with Crippen LogP contribution in [-0.2, 0) is 22.5 Å². The van der Waals surface area contributed by atoms with Crippen LogP contribution in [0, 0.1) is 29.3 Å². The molecule has 4 nitrogen and oxygen atoms in total. The molecule has 1 atom stereocenters. The summed E-state index contributed by atoms with van der Waals surface area (Å²) < 4.78 is 47.5. The molecular weight excluding hydrogens is 453 g/mol. The van der Waals surface area contributed by atoms with Crippen molar-refractivity contribution in [1.82, 2.24) is 9.80 Å². The number of likely N-dealkylation sites (tertiary alicyclic amines) is 1. The molecule has 2 saturated heterocycles. The largest absolute Gasteiger partial charge is 0.381 e. The second-order valence-corrected chi connectivity index (χ2v) is 9.70. The number of carbonyl (C=O) groups is 1. The molecule has 0 N–H and O–H groups in total. The van der Waals surface area contributed by atoms with Gasteiger partial charge in [0.1, 0.15) is 5.82 Å². The van der Waals surface area contributed by atoms with Gasteiger partial charge in [0, 0.05) is 43.8 Å². The van der Waals surface area contributed by atoms with Gasteiger partial charge >= 0.3 is 0 Å². The highest BCUT2D eigenvalue weighted by Gasteiger charge is 2.36. The number of rotatable bonds is 8. The van der Waals surface area contributed by atoms with Gasteiger partial charge in [-0.2, -0.15) is 0 Å². The molecule has 0 spiro atoms. The Morgan fingerprint density at radius 3 is 2.31 bits per heavy atom. The molecule has 0 aliphatic carbocycles. The van der Waals surface area contributed by atoms with Crippen molar-refractivity contribution < 1.29 is 22.7 Å². The van der Waals surface area contributed by atoms with Gasteiger partial charge < -0.3 is 9.64 Å². The van der Waals surface area contributed by atoms with Crippen molar-refractivity contribution in [2.75, 3.05) is 32.8 Å². The monoisotopic (exact) mass is 488 g/mol. The average Bonchev–Trinajstić information content (AvgIpc) is 2.90. The number of benzene rings is 2. The van der Waals surface area contributed by atoms with Crippen LogP contribution in [0.2, 0.25) is 0 Å². The molecule has 0 radical (unpaired) electrons. The molecule has 7 heteroatoms.